The average molecular weight is 1050 g/mol. The molecule has 3 rings (SSSR count). The van der Waals surface area contributed by atoms with Crippen LogP contribution in [0.25, 0.3) is 0 Å². The number of aliphatic hydroxyl groups excluding tert-OH is 1. The highest BCUT2D eigenvalue weighted by Gasteiger charge is 2.40. The van der Waals surface area contributed by atoms with Gasteiger partial charge in [-0.15, -0.1) is 0 Å². The van der Waals surface area contributed by atoms with E-state index in [4.69, 9.17) is 11.5 Å². The fourth-order valence-corrected chi connectivity index (χ4v) is 8.67. The minimum Gasteiger partial charge on any atom is -0.480 e. The molecule has 2 aromatic carbocycles. The number of carboxylic acid groups (broad SMARTS) is 1. The van der Waals surface area contributed by atoms with Crippen molar-refractivity contribution in [2.75, 3.05) is 18.6 Å². The summed E-state index contributed by atoms with van der Waals surface area (Å²) in [5.41, 5.74) is 13.2. The molecule has 1 heterocycles. The second kappa shape index (κ2) is 30.6. The van der Waals surface area contributed by atoms with Crippen molar-refractivity contribution in [1.82, 2.24) is 42.1 Å². The summed E-state index contributed by atoms with van der Waals surface area (Å²) < 4.78 is 0. The van der Waals surface area contributed by atoms with Crippen molar-refractivity contribution < 1.29 is 58.2 Å². The van der Waals surface area contributed by atoms with Crippen LogP contribution in [-0.2, 0) is 60.8 Å². The second-order valence-corrected chi connectivity index (χ2v) is 20.3. The second-order valence-electron chi connectivity index (χ2n) is 19.4. The Balaban J connectivity index is 1.79. The van der Waals surface area contributed by atoms with Crippen molar-refractivity contribution in [3.8, 4) is 0 Å². The zero-order chi connectivity index (χ0) is 55.2. The van der Waals surface area contributed by atoms with Crippen LogP contribution in [-0.4, -0.2) is 153 Å². The summed E-state index contributed by atoms with van der Waals surface area (Å²) in [6, 6.07) is 6.26. The maximum absolute atomic E-state index is 14.1. The van der Waals surface area contributed by atoms with Crippen molar-refractivity contribution >= 4 is 70.9 Å². The maximum Gasteiger partial charge on any atom is 0.326 e. The molecule has 1 fully saturated rings. The molecule has 2 aromatic rings. The number of thioether (sulfide) groups is 1. The minimum absolute atomic E-state index is 0.0153. The van der Waals surface area contributed by atoms with Crippen molar-refractivity contribution in [2.45, 2.75) is 153 Å². The monoisotopic (exact) mass is 1050 g/mol. The maximum atomic E-state index is 14.1. The van der Waals surface area contributed by atoms with Gasteiger partial charge in [-0.1, -0.05) is 88.4 Å². The van der Waals surface area contributed by atoms with E-state index in [-0.39, 0.29) is 44.6 Å². The third-order valence-electron chi connectivity index (χ3n) is 12.3. The molecule has 1 saturated heterocycles. The lowest BCUT2D eigenvalue weighted by molar-refractivity contribution is -0.142. The fraction of sp³-hybridized carbons (Fsp3) is 0.569. The molecule has 9 amide bonds. The minimum atomic E-state index is -1.66. The average Bonchev–Trinajstić information content (AvgIpc) is 3.84. The fourth-order valence-electron chi connectivity index (χ4n) is 8.20. The van der Waals surface area contributed by atoms with Crippen LogP contribution in [0.5, 0.6) is 0 Å². The number of aliphatic hydroxyl groups is 1. The number of nitrogens with one attached hydrogen (secondary N) is 7. The van der Waals surface area contributed by atoms with Gasteiger partial charge in [0.25, 0.3) is 0 Å². The van der Waals surface area contributed by atoms with Crippen LogP contribution in [0.2, 0.25) is 0 Å². The first kappa shape index (κ1) is 61.7. The van der Waals surface area contributed by atoms with Crippen LogP contribution in [0.4, 0.5) is 0 Å². The Labute approximate surface area is 436 Å². The number of carboxylic acids is 1. The number of rotatable bonds is 30. The largest absolute Gasteiger partial charge is 0.480 e. The Morgan fingerprint density at radius 2 is 1.16 bits per heavy atom. The molecule has 0 aromatic heterocycles. The number of aliphatic carboxylic acids is 1. The van der Waals surface area contributed by atoms with Crippen LogP contribution < -0.4 is 48.7 Å². The van der Waals surface area contributed by atoms with E-state index in [2.05, 4.69) is 37.2 Å². The Morgan fingerprint density at radius 1 is 0.649 bits per heavy atom. The number of amides is 9. The van der Waals surface area contributed by atoms with Gasteiger partial charge in [-0.25, -0.2) is 4.79 Å². The number of benzene rings is 2. The molecule has 0 saturated carbocycles. The number of nitrogens with two attached hydrogens (primary N) is 2. The molecule has 22 nitrogen and oxygen atoms in total. The number of likely N-dealkylation sites (tertiary alicyclic amines) is 1. The summed E-state index contributed by atoms with van der Waals surface area (Å²) in [6.45, 7) is 9.76. The first-order chi connectivity index (χ1) is 34.9. The Bertz CT molecular complexity index is 2240. The summed E-state index contributed by atoms with van der Waals surface area (Å²) in [4.78, 5) is 135. The van der Waals surface area contributed by atoms with Crippen LogP contribution in [0.15, 0.2) is 60.7 Å². The van der Waals surface area contributed by atoms with Crippen LogP contribution in [0, 0.1) is 11.8 Å². The Hall–Kier alpha value is -6.59. The molecule has 1 aliphatic heterocycles. The van der Waals surface area contributed by atoms with Gasteiger partial charge < -0.3 is 63.8 Å². The highest BCUT2D eigenvalue weighted by molar-refractivity contribution is 7.98. The van der Waals surface area contributed by atoms with Crippen LogP contribution in [0.1, 0.15) is 91.2 Å². The summed E-state index contributed by atoms with van der Waals surface area (Å²) in [7, 11) is 0. The molecule has 0 spiro atoms. The molecule has 408 valence electrons. The number of hydrogen-bond acceptors (Lipinski definition) is 13. The van der Waals surface area contributed by atoms with Crippen LogP contribution >= 0.6 is 11.8 Å². The molecule has 0 aliphatic carbocycles. The zero-order valence-corrected chi connectivity index (χ0v) is 44.1. The Kier molecular flexibility index (Phi) is 25.5. The highest BCUT2D eigenvalue weighted by atomic mass is 32.2. The van der Waals surface area contributed by atoms with Gasteiger partial charge in [0.2, 0.25) is 53.2 Å². The lowest BCUT2D eigenvalue weighted by Gasteiger charge is -2.31. The summed E-state index contributed by atoms with van der Waals surface area (Å²) in [5.74, 6) is -8.66. The molecule has 1 aliphatic rings. The predicted molar refractivity (Wildman–Crippen MR) is 277 cm³/mol. The SMILES string of the molecule is CSCC[C@H](NC(=O)[C@@H](NC(=O)[C@@H](NC(=O)[C@@H]1CCCN1C(=O)[C@@H](N)Cc1ccccc1)C(C)C)[C@@H](C)O)C(=O)N[C@@H](CCC(N)=O)C(=O)N[C@@H](Cc1ccccc1)C(=O)N[C@@H](C)C(=O)N[C@@H](CC(C)C)C(=O)O. The molecule has 74 heavy (non-hydrogen) atoms. The van der Waals surface area contributed by atoms with Gasteiger partial charge in [-0.2, -0.15) is 11.8 Å². The van der Waals surface area contributed by atoms with E-state index in [1.807, 2.05) is 30.3 Å². The van der Waals surface area contributed by atoms with Crippen molar-refractivity contribution in [3.63, 3.8) is 0 Å². The van der Waals surface area contributed by atoms with Crippen molar-refractivity contribution in [3.05, 3.63) is 71.8 Å². The smallest absolute Gasteiger partial charge is 0.326 e. The quantitative estimate of drug-likeness (QED) is 0.0465. The highest BCUT2D eigenvalue weighted by Crippen LogP contribution is 2.20. The topological polar surface area (TPSA) is 351 Å². The number of primary amides is 1. The summed E-state index contributed by atoms with van der Waals surface area (Å²) in [6.07, 6.45) is 0.598. The van der Waals surface area contributed by atoms with Gasteiger partial charge in [0, 0.05) is 19.4 Å². The van der Waals surface area contributed by atoms with E-state index in [0.29, 0.717) is 24.2 Å². The van der Waals surface area contributed by atoms with Gasteiger partial charge in [0.15, 0.2) is 0 Å². The molecule has 23 heteroatoms. The molecular formula is C51H76N10O12S. The van der Waals surface area contributed by atoms with E-state index >= 15 is 0 Å². The Morgan fingerprint density at radius 3 is 1.69 bits per heavy atom. The van der Waals surface area contributed by atoms with Crippen molar-refractivity contribution in [1.29, 1.82) is 0 Å². The van der Waals surface area contributed by atoms with Gasteiger partial charge in [0.05, 0.1) is 12.1 Å². The first-order valence-corrected chi connectivity index (χ1v) is 26.3. The summed E-state index contributed by atoms with van der Waals surface area (Å²) in [5, 5.41) is 38.4. The normalized spacial score (nSPS) is 17.0. The van der Waals surface area contributed by atoms with E-state index in [9.17, 15) is 58.2 Å². The predicted octanol–water partition coefficient (Wildman–Crippen LogP) is -0.610. The molecular weight excluding hydrogens is 977 g/mol. The first-order valence-electron chi connectivity index (χ1n) is 24.9. The third kappa shape index (κ3) is 20.0. The lowest BCUT2D eigenvalue weighted by Crippen LogP contribution is -2.62. The molecule has 0 radical (unpaired) electrons. The molecule has 0 unspecified atom stereocenters. The zero-order valence-electron chi connectivity index (χ0n) is 43.3. The van der Waals surface area contributed by atoms with Crippen molar-refractivity contribution in [2.24, 2.45) is 23.3 Å². The molecule has 0 bridgehead atoms. The van der Waals surface area contributed by atoms with E-state index < -0.39 is 132 Å². The number of carbonyl (C=O) groups excluding carboxylic acids is 9. The molecule has 13 N–H and O–H groups in total. The summed E-state index contributed by atoms with van der Waals surface area (Å²) >= 11 is 1.33. The number of carbonyl (C=O) groups is 10. The van der Waals surface area contributed by atoms with Crippen LogP contribution in [0.3, 0.4) is 0 Å². The van der Waals surface area contributed by atoms with Gasteiger partial charge in [-0.05, 0) is 87.3 Å². The molecule has 10 atom stereocenters. The van der Waals surface area contributed by atoms with Gasteiger partial charge in [-0.3, -0.25) is 43.2 Å². The van der Waals surface area contributed by atoms with E-state index in [0.717, 1.165) is 5.56 Å². The van der Waals surface area contributed by atoms with E-state index in [1.165, 1.54) is 30.5 Å². The van der Waals surface area contributed by atoms with E-state index in [1.54, 1.807) is 64.3 Å². The van der Waals surface area contributed by atoms with Gasteiger partial charge >= 0.3 is 5.97 Å². The standard InChI is InChI=1S/C51H76N10O12S/c1-28(2)25-38(51(72)73)58-43(64)30(5)54-46(67)37(27-33-17-12-9-13-18-33)57-44(65)35(20-21-40(53)63)55-45(66)36(22-24-74-7)56-49(70)42(31(6)62)60-48(69)41(29(3)4)59-47(68)39-19-14-23-61(39)50(71)34(52)26-32-15-10-8-11-16-32/h8-13,15-18,28-31,34-39,41-42,62H,14,19-27,52H2,1-7H3,(H2,53,63)(H,54,67)(H,55,66)(H,56,70)(H,57,65)(H,58,64)(H,59,68)(H,60,69)(H,72,73)/t30-,31+,34-,35-,36-,37-,38-,39-,41-,42-/m0/s1. The number of nitrogens with zero attached hydrogens (tertiary/aromatic N) is 1. The third-order valence-corrected chi connectivity index (χ3v) is 13.0. The number of hydrogen-bond donors (Lipinski definition) is 11. The van der Waals surface area contributed by atoms with Gasteiger partial charge in [0.1, 0.15) is 48.3 Å². The lowest BCUT2D eigenvalue weighted by atomic mass is 10.0.